The maximum Gasteiger partial charge on any atom is 0.261 e. The van der Waals surface area contributed by atoms with Crippen LogP contribution in [-0.2, 0) is 0 Å². The number of anilines is 1. The second-order valence-electron chi connectivity index (χ2n) is 5.59. The number of hydrogen-bond donors (Lipinski definition) is 3. The highest BCUT2D eigenvalue weighted by molar-refractivity contribution is 7.18. The Morgan fingerprint density at radius 1 is 1.12 bits per heavy atom. The number of nitrogens with one attached hydrogen (secondary N) is 3. The molecular formula is C18H22FN3O2S. The molecule has 2 rings (SSSR count). The van der Waals surface area contributed by atoms with Crippen LogP contribution in [0.25, 0.3) is 0 Å². The summed E-state index contributed by atoms with van der Waals surface area (Å²) in [5.74, 6) is -1.03. The lowest BCUT2D eigenvalue weighted by atomic mass is 10.2. The van der Waals surface area contributed by atoms with E-state index in [1.807, 2.05) is 6.92 Å². The van der Waals surface area contributed by atoms with Gasteiger partial charge >= 0.3 is 0 Å². The molecular weight excluding hydrogens is 341 g/mol. The maximum absolute atomic E-state index is 13.2. The van der Waals surface area contributed by atoms with Crippen LogP contribution in [0.5, 0.6) is 0 Å². The highest BCUT2D eigenvalue weighted by atomic mass is 32.1. The first-order valence-electron chi connectivity index (χ1n) is 8.17. The van der Waals surface area contributed by atoms with Crippen molar-refractivity contribution >= 4 is 28.2 Å². The molecule has 134 valence electrons. The van der Waals surface area contributed by atoms with Gasteiger partial charge in [-0.25, -0.2) is 4.39 Å². The molecule has 0 saturated carbocycles. The third-order valence-electron chi connectivity index (χ3n) is 3.46. The van der Waals surface area contributed by atoms with Gasteiger partial charge in [0.2, 0.25) is 0 Å². The quantitative estimate of drug-likeness (QED) is 0.631. The van der Waals surface area contributed by atoms with Gasteiger partial charge in [-0.2, -0.15) is 0 Å². The maximum atomic E-state index is 13.2. The molecule has 0 aliphatic rings. The lowest BCUT2D eigenvalue weighted by Crippen LogP contribution is -2.31. The van der Waals surface area contributed by atoms with Crippen molar-refractivity contribution in [3.05, 3.63) is 52.2 Å². The topological polar surface area (TPSA) is 70.2 Å². The fraction of sp³-hybridized carbons (Fsp3) is 0.333. The van der Waals surface area contributed by atoms with Crippen molar-refractivity contribution in [3.63, 3.8) is 0 Å². The Bertz CT molecular complexity index is 746. The van der Waals surface area contributed by atoms with Crippen LogP contribution in [0.4, 0.5) is 9.39 Å². The van der Waals surface area contributed by atoms with Gasteiger partial charge in [0.25, 0.3) is 11.8 Å². The van der Waals surface area contributed by atoms with E-state index in [2.05, 4.69) is 22.9 Å². The van der Waals surface area contributed by atoms with E-state index < -0.39 is 11.7 Å². The zero-order valence-corrected chi connectivity index (χ0v) is 15.1. The monoisotopic (exact) mass is 363 g/mol. The minimum absolute atomic E-state index is 0.160. The molecule has 5 nitrogen and oxygen atoms in total. The molecule has 1 aromatic heterocycles. The summed E-state index contributed by atoms with van der Waals surface area (Å²) in [4.78, 5) is 24.9. The summed E-state index contributed by atoms with van der Waals surface area (Å²) in [5, 5.41) is 9.33. The Labute approximate surface area is 150 Å². The summed E-state index contributed by atoms with van der Waals surface area (Å²) in [6, 6.07) is 7.22. The molecule has 25 heavy (non-hydrogen) atoms. The molecule has 0 unspecified atom stereocenters. The average Bonchev–Trinajstić information content (AvgIpc) is 2.95. The molecule has 3 N–H and O–H groups in total. The number of rotatable bonds is 8. The third kappa shape index (κ3) is 5.65. The van der Waals surface area contributed by atoms with Crippen LogP contribution in [0.3, 0.4) is 0 Å². The Hall–Kier alpha value is -2.25. The minimum Gasteiger partial charge on any atom is -0.350 e. The average molecular weight is 363 g/mol. The Balaban J connectivity index is 1.95. The number of carbonyl (C=O) groups excluding carboxylic acids is 2. The van der Waals surface area contributed by atoms with Crippen LogP contribution in [0, 0.1) is 12.7 Å². The molecule has 2 amide bonds. The van der Waals surface area contributed by atoms with E-state index in [4.69, 9.17) is 0 Å². The van der Waals surface area contributed by atoms with E-state index in [-0.39, 0.29) is 11.5 Å². The summed E-state index contributed by atoms with van der Waals surface area (Å²) in [7, 11) is 0. The molecule has 0 saturated heterocycles. The Kier molecular flexibility index (Phi) is 7.09. The smallest absolute Gasteiger partial charge is 0.261 e. The molecule has 0 atom stereocenters. The van der Waals surface area contributed by atoms with Gasteiger partial charge in [0.1, 0.15) is 5.82 Å². The molecule has 1 heterocycles. The van der Waals surface area contributed by atoms with Crippen LogP contribution in [0.1, 0.15) is 38.9 Å². The molecule has 0 fully saturated rings. The lowest BCUT2D eigenvalue weighted by molar-refractivity contribution is 0.0956. The molecule has 7 heteroatoms. The first-order valence-corrected chi connectivity index (χ1v) is 8.99. The fourth-order valence-electron chi connectivity index (χ4n) is 2.23. The summed E-state index contributed by atoms with van der Waals surface area (Å²) in [6.07, 6.45) is 1.05. The third-order valence-corrected chi connectivity index (χ3v) is 4.61. The van der Waals surface area contributed by atoms with Gasteiger partial charge in [-0.1, -0.05) is 13.0 Å². The van der Waals surface area contributed by atoms with Gasteiger partial charge in [0.05, 0.1) is 9.88 Å². The van der Waals surface area contributed by atoms with Gasteiger partial charge in [-0.05, 0) is 49.7 Å². The van der Waals surface area contributed by atoms with E-state index >= 15 is 0 Å². The van der Waals surface area contributed by atoms with Crippen LogP contribution in [0.2, 0.25) is 0 Å². The molecule has 1 aromatic carbocycles. The summed E-state index contributed by atoms with van der Waals surface area (Å²) < 4.78 is 13.2. The highest BCUT2D eigenvalue weighted by Gasteiger charge is 2.15. The van der Waals surface area contributed by atoms with E-state index in [1.165, 1.54) is 35.6 Å². The number of amides is 2. The predicted octanol–water partition coefficient (Wildman–Crippen LogP) is 3.18. The molecule has 2 aromatic rings. The van der Waals surface area contributed by atoms with Crippen molar-refractivity contribution in [2.45, 2.75) is 20.3 Å². The predicted molar refractivity (Wildman–Crippen MR) is 98.9 cm³/mol. The highest BCUT2D eigenvalue weighted by Crippen LogP contribution is 2.27. The van der Waals surface area contributed by atoms with Crippen LogP contribution < -0.4 is 16.0 Å². The first-order chi connectivity index (χ1) is 12.0. The Morgan fingerprint density at radius 3 is 2.64 bits per heavy atom. The SMILES string of the molecule is CCCNCCNC(=O)c1sc(NC(=O)c2cccc(F)c2)cc1C. The molecule has 0 radical (unpaired) electrons. The van der Waals surface area contributed by atoms with Crippen LogP contribution in [-0.4, -0.2) is 31.4 Å². The van der Waals surface area contributed by atoms with Crippen molar-refractivity contribution in [3.8, 4) is 0 Å². The van der Waals surface area contributed by atoms with Crippen molar-refractivity contribution < 1.29 is 14.0 Å². The molecule has 0 aliphatic heterocycles. The number of halogens is 1. The number of carbonyl (C=O) groups is 2. The van der Waals surface area contributed by atoms with Crippen LogP contribution >= 0.6 is 11.3 Å². The molecule has 0 aliphatic carbocycles. The largest absolute Gasteiger partial charge is 0.350 e. The van der Waals surface area contributed by atoms with E-state index in [9.17, 15) is 14.0 Å². The second-order valence-corrected chi connectivity index (χ2v) is 6.65. The summed E-state index contributed by atoms with van der Waals surface area (Å²) in [6.45, 7) is 6.08. The normalized spacial score (nSPS) is 10.5. The lowest BCUT2D eigenvalue weighted by Gasteiger charge is -2.05. The zero-order valence-electron chi connectivity index (χ0n) is 14.3. The zero-order chi connectivity index (χ0) is 18.2. The van der Waals surface area contributed by atoms with Crippen molar-refractivity contribution in [2.75, 3.05) is 25.0 Å². The summed E-state index contributed by atoms with van der Waals surface area (Å²) >= 11 is 1.20. The van der Waals surface area contributed by atoms with Gasteiger partial charge in [-0.3, -0.25) is 9.59 Å². The minimum atomic E-state index is -0.466. The summed E-state index contributed by atoms with van der Waals surface area (Å²) in [5.41, 5.74) is 1.03. The number of aryl methyl sites for hydroxylation is 1. The van der Waals surface area contributed by atoms with Gasteiger partial charge < -0.3 is 16.0 Å². The van der Waals surface area contributed by atoms with Crippen LogP contribution in [0.15, 0.2) is 30.3 Å². The van der Waals surface area contributed by atoms with E-state index in [0.717, 1.165) is 18.5 Å². The van der Waals surface area contributed by atoms with Gasteiger partial charge in [0.15, 0.2) is 0 Å². The standard InChI is InChI=1S/C18H22FN3O2S/c1-3-7-20-8-9-21-18(24)16-12(2)10-15(25-16)22-17(23)13-5-4-6-14(19)11-13/h4-6,10-11,20H,3,7-9H2,1-2H3,(H,21,24)(H,22,23). The van der Waals surface area contributed by atoms with Crippen molar-refractivity contribution in [2.24, 2.45) is 0 Å². The first kappa shape index (κ1) is 19.1. The molecule has 0 spiro atoms. The Morgan fingerprint density at radius 2 is 1.92 bits per heavy atom. The second kappa shape index (κ2) is 9.29. The number of benzene rings is 1. The van der Waals surface area contributed by atoms with E-state index in [1.54, 1.807) is 6.07 Å². The van der Waals surface area contributed by atoms with Crippen molar-refractivity contribution in [1.82, 2.24) is 10.6 Å². The van der Waals surface area contributed by atoms with E-state index in [0.29, 0.717) is 23.0 Å². The molecule has 0 bridgehead atoms. The fourth-order valence-corrected chi connectivity index (χ4v) is 3.21. The van der Waals surface area contributed by atoms with Gasteiger partial charge in [0, 0.05) is 18.7 Å². The number of thiophene rings is 1. The van der Waals surface area contributed by atoms with Crippen molar-refractivity contribution in [1.29, 1.82) is 0 Å². The van der Waals surface area contributed by atoms with Gasteiger partial charge in [-0.15, -0.1) is 11.3 Å². The number of hydrogen-bond acceptors (Lipinski definition) is 4.